The number of nitrogens with one attached hydrogen (secondary N) is 1. The monoisotopic (exact) mass is 374 g/mol. The quantitative estimate of drug-likeness (QED) is 0.742. The zero-order valence-corrected chi connectivity index (χ0v) is 16.2. The number of hydrogen-bond acceptors (Lipinski definition) is 3. The van der Waals surface area contributed by atoms with Gasteiger partial charge in [0.2, 0.25) is 0 Å². The number of aromatic nitrogens is 2. The average molecular weight is 374 g/mol. The van der Waals surface area contributed by atoms with Crippen LogP contribution in [0.1, 0.15) is 23.2 Å². The highest BCUT2D eigenvalue weighted by molar-refractivity contribution is 6.00. The van der Waals surface area contributed by atoms with Crippen molar-refractivity contribution >= 4 is 5.91 Å². The molecule has 0 atom stereocenters. The third-order valence-electron chi connectivity index (χ3n) is 5.41. The van der Waals surface area contributed by atoms with Crippen molar-refractivity contribution in [2.24, 2.45) is 5.92 Å². The van der Waals surface area contributed by atoms with Crippen LogP contribution in [0.25, 0.3) is 16.9 Å². The first-order valence-corrected chi connectivity index (χ1v) is 9.90. The number of carbonyl (C=O) groups is 1. The first-order valence-electron chi connectivity index (χ1n) is 9.90. The minimum absolute atomic E-state index is 0.0731. The Morgan fingerprint density at radius 2 is 1.68 bits per heavy atom. The predicted octanol–water partition coefficient (Wildman–Crippen LogP) is 3.61. The van der Waals surface area contributed by atoms with Crippen LogP contribution in [0.4, 0.5) is 0 Å². The largest absolute Gasteiger partial charge is 0.339 e. The van der Waals surface area contributed by atoms with Crippen LogP contribution in [0.3, 0.4) is 0 Å². The molecule has 1 N–H and O–H groups in total. The number of hydrogen-bond donors (Lipinski definition) is 1. The molecular weight excluding hydrogens is 348 g/mol. The van der Waals surface area contributed by atoms with Gasteiger partial charge in [0, 0.05) is 24.8 Å². The summed E-state index contributed by atoms with van der Waals surface area (Å²) in [5, 5.41) is 8.02. The molecule has 5 nitrogen and oxygen atoms in total. The van der Waals surface area contributed by atoms with E-state index in [-0.39, 0.29) is 5.91 Å². The summed E-state index contributed by atoms with van der Waals surface area (Å²) in [6.07, 6.45) is 3.96. The fraction of sp³-hybridized carbons (Fsp3) is 0.304. The Bertz CT molecular complexity index is 912. The van der Waals surface area contributed by atoms with Crippen molar-refractivity contribution in [2.75, 3.05) is 26.7 Å². The number of carbonyl (C=O) groups excluding carboxylic acids is 1. The molecule has 1 aliphatic rings. The van der Waals surface area contributed by atoms with Crippen LogP contribution in [0.2, 0.25) is 0 Å². The van der Waals surface area contributed by atoms with E-state index in [1.54, 1.807) is 0 Å². The molecule has 0 aliphatic carbocycles. The van der Waals surface area contributed by atoms with E-state index in [1.807, 2.05) is 83.5 Å². The fourth-order valence-corrected chi connectivity index (χ4v) is 3.85. The Kier molecular flexibility index (Phi) is 5.53. The Balaban J connectivity index is 1.65. The van der Waals surface area contributed by atoms with E-state index in [2.05, 4.69) is 5.32 Å². The maximum absolute atomic E-state index is 13.4. The van der Waals surface area contributed by atoms with Crippen molar-refractivity contribution < 1.29 is 4.79 Å². The lowest BCUT2D eigenvalue weighted by Crippen LogP contribution is -2.40. The lowest BCUT2D eigenvalue weighted by molar-refractivity contribution is 0.0691. The molecule has 2 heterocycles. The zero-order valence-electron chi connectivity index (χ0n) is 16.2. The molecule has 1 aliphatic heterocycles. The van der Waals surface area contributed by atoms with Crippen molar-refractivity contribution in [1.82, 2.24) is 20.0 Å². The average Bonchev–Trinajstić information content (AvgIpc) is 3.21. The van der Waals surface area contributed by atoms with Gasteiger partial charge >= 0.3 is 0 Å². The molecule has 1 aromatic heterocycles. The van der Waals surface area contributed by atoms with E-state index in [0.717, 1.165) is 49.4 Å². The molecule has 28 heavy (non-hydrogen) atoms. The Labute approximate surface area is 166 Å². The van der Waals surface area contributed by atoms with Crippen LogP contribution in [0, 0.1) is 5.92 Å². The molecule has 1 saturated heterocycles. The topological polar surface area (TPSA) is 50.2 Å². The summed E-state index contributed by atoms with van der Waals surface area (Å²) in [5.41, 5.74) is 3.32. The van der Waals surface area contributed by atoms with Crippen LogP contribution in [0.15, 0.2) is 66.9 Å². The van der Waals surface area contributed by atoms with E-state index in [9.17, 15) is 4.79 Å². The van der Waals surface area contributed by atoms with Gasteiger partial charge in [0.25, 0.3) is 5.91 Å². The first-order chi connectivity index (χ1) is 13.8. The van der Waals surface area contributed by atoms with Gasteiger partial charge in [-0.25, -0.2) is 4.68 Å². The number of para-hydroxylation sites is 1. The molecule has 1 amide bonds. The number of benzene rings is 2. The van der Waals surface area contributed by atoms with Crippen LogP contribution >= 0.6 is 0 Å². The highest BCUT2D eigenvalue weighted by atomic mass is 16.2. The highest BCUT2D eigenvalue weighted by Gasteiger charge is 2.27. The molecule has 4 rings (SSSR count). The Hall–Kier alpha value is -2.92. The number of piperidine rings is 1. The van der Waals surface area contributed by atoms with E-state index in [1.165, 1.54) is 0 Å². The van der Waals surface area contributed by atoms with Gasteiger partial charge in [-0.15, -0.1) is 0 Å². The third-order valence-corrected chi connectivity index (χ3v) is 5.41. The predicted molar refractivity (Wildman–Crippen MR) is 112 cm³/mol. The number of amides is 1. The van der Waals surface area contributed by atoms with Gasteiger partial charge < -0.3 is 10.2 Å². The van der Waals surface area contributed by atoms with Gasteiger partial charge in [-0.3, -0.25) is 4.79 Å². The lowest BCUT2D eigenvalue weighted by Gasteiger charge is -2.31. The summed E-state index contributed by atoms with van der Waals surface area (Å²) in [5.74, 6) is 0.721. The van der Waals surface area contributed by atoms with Crippen LogP contribution < -0.4 is 5.32 Å². The molecule has 0 saturated carbocycles. The van der Waals surface area contributed by atoms with Crippen LogP contribution in [-0.2, 0) is 0 Å². The molecule has 0 bridgehead atoms. The minimum Gasteiger partial charge on any atom is -0.339 e. The van der Waals surface area contributed by atoms with Gasteiger partial charge in [0.05, 0.1) is 11.3 Å². The fourth-order valence-electron chi connectivity index (χ4n) is 3.85. The second kappa shape index (κ2) is 8.40. The molecule has 1 fully saturated rings. The zero-order chi connectivity index (χ0) is 19.3. The Morgan fingerprint density at radius 3 is 2.32 bits per heavy atom. The summed E-state index contributed by atoms with van der Waals surface area (Å²) >= 11 is 0. The van der Waals surface area contributed by atoms with Gasteiger partial charge in [-0.1, -0.05) is 48.5 Å². The number of rotatable bonds is 5. The second-order valence-electron chi connectivity index (χ2n) is 7.33. The Morgan fingerprint density at radius 1 is 1.04 bits per heavy atom. The minimum atomic E-state index is 0.0731. The van der Waals surface area contributed by atoms with Gasteiger partial charge in [-0.2, -0.15) is 5.10 Å². The number of nitrogens with zero attached hydrogens (tertiary/aromatic N) is 3. The molecule has 5 heteroatoms. The molecule has 3 aromatic rings. The molecule has 0 spiro atoms. The van der Waals surface area contributed by atoms with Crippen molar-refractivity contribution in [1.29, 1.82) is 0 Å². The van der Waals surface area contributed by atoms with Gasteiger partial charge in [0.15, 0.2) is 0 Å². The van der Waals surface area contributed by atoms with Crippen molar-refractivity contribution in [3.8, 4) is 16.9 Å². The molecule has 0 unspecified atom stereocenters. The normalized spacial score (nSPS) is 15.0. The molecule has 0 radical (unpaired) electrons. The van der Waals surface area contributed by atoms with Gasteiger partial charge in [0.1, 0.15) is 5.69 Å². The maximum Gasteiger partial charge on any atom is 0.257 e. The highest BCUT2D eigenvalue weighted by Crippen LogP contribution is 2.26. The number of likely N-dealkylation sites (tertiary alicyclic amines) is 1. The van der Waals surface area contributed by atoms with Crippen molar-refractivity contribution in [2.45, 2.75) is 12.8 Å². The lowest BCUT2D eigenvalue weighted by atomic mass is 9.96. The van der Waals surface area contributed by atoms with Crippen molar-refractivity contribution in [3.05, 3.63) is 72.4 Å². The second-order valence-corrected chi connectivity index (χ2v) is 7.33. The van der Waals surface area contributed by atoms with E-state index >= 15 is 0 Å². The summed E-state index contributed by atoms with van der Waals surface area (Å²) in [7, 11) is 1.99. The standard InChI is InChI=1S/C23H26N4O/c1-24-16-18-12-14-26(15-13-18)23(28)21-17-27(20-10-6-3-7-11-20)25-22(21)19-8-4-2-5-9-19/h2-11,17-18,24H,12-16H2,1H3. The SMILES string of the molecule is CNCC1CCN(C(=O)c2cn(-c3ccccc3)nc2-c2ccccc2)CC1. The van der Waals surface area contributed by atoms with E-state index in [0.29, 0.717) is 11.5 Å². The summed E-state index contributed by atoms with van der Waals surface area (Å²) < 4.78 is 1.81. The van der Waals surface area contributed by atoms with Crippen LogP contribution in [-0.4, -0.2) is 47.3 Å². The molecular formula is C23H26N4O. The van der Waals surface area contributed by atoms with E-state index in [4.69, 9.17) is 5.10 Å². The van der Waals surface area contributed by atoms with Gasteiger partial charge in [-0.05, 0) is 44.5 Å². The van der Waals surface area contributed by atoms with Crippen LogP contribution in [0.5, 0.6) is 0 Å². The maximum atomic E-state index is 13.4. The summed E-state index contributed by atoms with van der Waals surface area (Å²) in [4.78, 5) is 15.3. The van der Waals surface area contributed by atoms with Crippen molar-refractivity contribution in [3.63, 3.8) is 0 Å². The smallest absolute Gasteiger partial charge is 0.257 e. The third kappa shape index (κ3) is 3.85. The van der Waals surface area contributed by atoms with E-state index < -0.39 is 0 Å². The molecule has 2 aromatic carbocycles. The molecule has 144 valence electrons. The summed E-state index contributed by atoms with van der Waals surface area (Å²) in [6, 6.07) is 19.9. The first kappa shape index (κ1) is 18.4. The summed E-state index contributed by atoms with van der Waals surface area (Å²) in [6.45, 7) is 2.62.